The summed E-state index contributed by atoms with van der Waals surface area (Å²) >= 11 is 0. The van der Waals surface area contributed by atoms with Crippen molar-refractivity contribution in [3.63, 3.8) is 0 Å². The van der Waals surface area contributed by atoms with Gasteiger partial charge in [-0.15, -0.1) is 0 Å². The van der Waals surface area contributed by atoms with Crippen LogP contribution in [0.2, 0.25) is 5.54 Å². The highest BCUT2D eigenvalue weighted by Crippen LogP contribution is 2.17. The SMILES string of the molecule is CO[SiH](OC)C(C)CCCNc1ccccc1. The van der Waals surface area contributed by atoms with Gasteiger partial charge in [0.2, 0.25) is 0 Å². The van der Waals surface area contributed by atoms with Crippen molar-refractivity contribution in [2.75, 3.05) is 26.1 Å². The van der Waals surface area contributed by atoms with Crippen molar-refractivity contribution in [2.24, 2.45) is 0 Å². The van der Waals surface area contributed by atoms with Crippen LogP contribution >= 0.6 is 0 Å². The minimum absolute atomic E-state index is 0.558. The van der Waals surface area contributed by atoms with Crippen molar-refractivity contribution in [1.29, 1.82) is 0 Å². The van der Waals surface area contributed by atoms with Gasteiger partial charge in [0.15, 0.2) is 0 Å². The summed E-state index contributed by atoms with van der Waals surface area (Å²) in [6, 6.07) is 10.3. The van der Waals surface area contributed by atoms with Gasteiger partial charge in [-0.05, 0) is 30.5 Å². The highest BCUT2D eigenvalue weighted by Gasteiger charge is 2.18. The number of para-hydroxylation sites is 1. The van der Waals surface area contributed by atoms with Gasteiger partial charge in [0, 0.05) is 26.5 Å². The Morgan fingerprint density at radius 1 is 1.18 bits per heavy atom. The second-order valence-corrected chi connectivity index (χ2v) is 7.07. The Hall–Kier alpha value is -0.843. The Morgan fingerprint density at radius 2 is 1.82 bits per heavy atom. The lowest BCUT2D eigenvalue weighted by molar-refractivity contribution is 0.264. The van der Waals surface area contributed by atoms with Gasteiger partial charge in [0.05, 0.1) is 0 Å². The average molecular weight is 253 g/mol. The third-order valence-corrected chi connectivity index (χ3v) is 5.06. The molecular weight excluding hydrogens is 230 g/mol. The van der Waals surface area contributed by atoms with Gasteiger partial charge in [-0.1, -0.05) is 25.1 Å². The molecule has 96 valence electrons. The summed E-state index contributed by atoms with van der Waals surface area (Å²) in [5, 5.41) is 3.41. The van der Waals surface area contributed by atoms with Crippen molar-refractivity contribution in [2.45, 2.75) is 25.3 Å². The lowest BCUT2D eigenvalue weighted by Crippen LogP contribution is -2.24. The molecule has 0 saturated heterocycles. The molecule has 0 amide bonds. The van der Waals surface area contributed by atoms with Crippen LogP contribution in [0.15, 0.2) is 30.3 Å². The fourth-order valence-corrected chi connectivity index (χ4v) is 3.54. The van der Waals surface area contributed by atoms with E-state index in [0.717, 1.165) is 19.4 Å². The quantitative estimate of drug-likeness (QED) is 0.571. The first-order valence-corrected chi connectivity index (χ1v) is 7.73. The molecule has 1 unspecified atom stereocenters. The maximum absolute atomic E-state index is 5.37. The zero-order valence-corrected chi connectivity index (χ0v) is 12.1. The summed E-state index contributed by atoms with van der Waals surface area (Å²) < 4.78 is 10.7. The van der Waals surface area contributed by atoms with Gasteiger partial charge in [-0.3, -0.25) is 0 Å². The molecule has 0 bridgehead atoms. The standard InChI is InChI=1S/C13H23NO2Si/c1-12(17(15-2)16-3)8-7-11-14-13-9-5-4-6-10-13/h4-6,9-10,12,14,17H,7-8,11H2,1-3H3. The molecule has 17 heavy (non-hydrogen) atoms. The van der Waals surface area contributed by atoms with Crippen LogP contribution < -0.4 is 5.32 Å². The highest BCUT2D eigenvalue weighted by molar-refractivity contribution is 6.46. The van der Waals surface area contributed by atoms with Gasteiger partial charge < -0.3 is 14.2 Å². The third kappa shape index (κ3) is 5.34. The summed E-state index contributed by atoms with van der Waals surface area (Å²) in [7, 11) is 2.07. The normalized spacial score (nSPS) is 12.7. The van der Waals surface area contributed by atoms with Crippen LogP contribution in [0.1, 0.15) is 19.8 Å². The maximum Gasteiger partial charge on any atom is 0.323 e. The Balaban J connectivity index is 2.16. The van der Waals surface area contributed by atoms with E-state index < -0.39 is 9.28 Å². The van der Waals surface area contributed by atoms with E-state index in [2.05, 4.69) is 24.4 Å². The molecule has 0 aliphatic carbocycles. The third-order valence-electron chi connectivity index (χ3n) is 2.87. The van der Waals surface area contributed by atoms with E-state index in [9.17, 15) is 0 Å². The molecule has 0 heterocycles. The number of benzene rings is 1. The van der Waals surface area contributed by atoms with Crippen LogP contribution in [0.3, 0.4) is 0 Å². The summed E-state index contributed by atoms with van der Waals surface area (Å²) in [6.07, 6.45) is 2.30. The van der Waals surface area contributed by atoms with E-state index in [1.165, 1.54) is 5.69 Å². The predicted molar refractivity (Wildman–Crippen MR) is 74.8 cm³/mol. The monoisotopic (exact) mass is 253 g/mol. The number of hydrogen-bond donors (Lipinski definition) is 1. The molecule has 0 aliphatic heterocycles. The van der Waals surface area contributed by atoms with Crippen LogP contribution in [0.5, 0.6) is 0 Å². The highest BCUT2D eigenvalue weighted by atomic mass is 28.3. The molecule has 4 heteroatoms. The maximum atomic E-state index is 5.37. The van der Waals surface area contributed by atoms with Gasteiger partial charge in [0.25, 0.3) is 0 Å². The van der Waals surface area contributed by atoms with E-state index in [4.69, 9.17) is 8.85 Å². The first kappa shape index (κ1) is 14.2. The Labute approximate surface area is 106 Å². The smallest absolute Gasteiger partial charge is 0.323 e. The topological polar surface area (TPSA) is 30.5 Å². The molecule has 0 radical (unpaired) electrons. The molecular formula is C13H23NO2Si. The fraction of sp³-hybridized carbons (Fsp3) is 0.538. The van der Waals surface area contributed by atoms with Crippen LogP contribution in [-0.4, -0.2) is 30.0 Å². The molecule has 0 fully saturated rings. The molecule has 0 aromatic heterocycles. The van der Waals surface area contributed by atoms with Crippen molar-refractivity contribution < 1.29 is 8.85 Å². The van der Waals surface area contributed by atoms with Crippen molar-refractivity contribution in [1.82, 2.24) is 0 Å². The Bertz CT molecular complexity index is 291. The van der Waals surface area contributed by atoms with E-state index in [-0.39, 0.29) is 0 Å². The van der Waals surface area contributed by atoms with Crippen molar-refractivity contribution >= 4 is 15.0 Å². The van der Waals surface area contributed by atoms with Crippen LogP contribution in [0.25, 0.3) is 0 Å². The molecule has 1 aromatic carbocycles. The van der Waals surface area contributed by atoms with Gasteiger partial charge in [-0.25, -0.2) is 0 Å². The minimum atomic E-state index is -1.43. The van der Waals surface area contributed by atoms with E-state index in [0.29, 0.717) is 5.54 Å². The number of nitrogens with one attached hydrogen (secondary N) is 1. The molecule has 0 spiro atoms. The van der Waals surface area contributed by atoms with Crippen molar-refractivity contribution in [3.05, 3.63) is 30.3 Å². The number of hydrogen-bond acceptors (Lipinski definition) is 3. The fourth-order valence-electron chi connectivity index (χ4n) is 1.91. The molecule has 1 N–H and O–H groups in total. The zero-order chi connectivity index (χ0) is 12.5. The predicted octanol–water partition coefficient (Wildman–Crippen LogP) is 2.78. The molecule has 1 rings (SSSR count). The Kier molecular flexibility index (Phi) is 6.92. The number of anilines is 1. The van der Waals surface area contributed by atoms with E-state index in [1.807, 2.05) is 18.2 Å². The lowest BCUT2D eigenvalue weighted by atomic mass is 10.2. The summed E-state index contributed by atoms with van der Waals surface area (Å²) in [5.41, 5.74) is 1.75. The van der Waals surface area contributed by atoms with Crippen LogP contribution in [0, 0.1) is 0 Å². The second kappa shape index (κ2) is 8.28. The minimum Gasteiger partial charge on any atom is -0.400 e. The summed E-state index contributed by atoms with van der Waals surface area (Å²) in [5.74, 6) is 0. The zero-order valence-electron chi connectivity index (χ0n) is 11.0. The Morgan fingerprint density at radius 3 is 2.41 bits per heavy atom. The van der Waals surface area contributed by atoms with Crippen LogP contribution in [0.4, 0.5) is 5.69 Å². The van der Waals surface area contributed by atoms with E-state index in [1.54, 1.807) is 14.2 Å². The molecule has 0 aliphatic rings. The molecule has 1 aromatic rings. The summed E-state index contributed by atoms with van der Waals surface area (Å²) in [4.78, 5) is 0. The van der Waals surface area contributed by atoms with Gasteiger partial charge in [0.1, 0.15) is 0 Å². The lowest BCUT2D eigenvalue weighted by Gasteiger charge is -2.18. The number of rotatable bonds is 8. The molecule has 3 nitrogen and oxygen atoms in total. The largest absolute Gasteiger partial charge is 0.400 e. The van der Waals surface area contributed by atoms with Crippen molar-refractivity contribution in [3.8, 4) is 0 Å². The first-order valence-electron chi connectivity index (χ1n) is 6.12. The van der Waals surface area contributed by atoms with Crippen LogP contribution in [-0.2, 0) is 8.85 Å². The second-order valence-electron chi connectivity index (χ2n) is 4.25. The summed E-state index contributed by atoms with van der Waals surface area (Å²) in [6.45, 7) is 3.22. The van der Waals surface area contributed by atoms with Gasteiger partial charge in [-0.2, -0.15) is 0 Å². The van der Waals surface area contributed by atoms with Gasteiger partial charge >= 0.3 is 9.28 Å². The molecule has 0 saturated carbocycles. The first-order chi connectivity index (χ1) is 8.27. The van der Waals surface area contributed by atoms with E-state index >= 15 is 0 Å². The average Bonchev–Trinajstić information content (AvgIpc) is 2.37. The molecule has 1 atom stereocenters.